The first-order chi connectivity index (χ1) is 9.86. The lowest BCUT2D eigenvalue weighted by molar-refractivity contribution is 0.0779. The van der Waals surface area contributed by atoms with Crippen molar-refractivity contribution in [2.75, 3.05) is 13.2 Å². The van der Waals surface area contributed by atoms with Gasteiger partial charge in [0.05, 0.1) is 6.61 Å². The molecule has 0 bridgehead atoms. The van der Waals surface area contributed by atoms with Crippen LogP contribution in [0.3, 0.4) is 0 Å². The Kier molecular flexibility index (Phi) is 6.24. The van der Waals surface area contributed by atoms with Crippen LogP contribution < -0.4 is 15.0 Å². The third-order valence-electron chi connectivity index (χ3n) is 1.93. The summed E-state index contributed by atoms with van der Waals surface area (Å²) < 4.78 is 57.1. The number of hydrazine groups is 1. The molecule has 2 N–H and O–H groups in total. The maximum absolute atomic E-state index is 12.1. The third-order valence-corrected chi connectivity index (χ3v) is 3.20. The maximum Gasteiger partial charge on any atom is 0.422 e. The van der Waals surface area contributed by atoms with Crippen molar-refractivity contribution in [3.63, 3.8) is 0 Å². The van der Waals surface area contributed by atoms with Gasteiger partial charge in [-0.25, -0.2) is 32.4 Å². The van der Waals surface area contributed by atoms with E-state index in [1.54, 1.807) is 10.3 Å². The van der Waals surface area contributed by atoms with Gasteiger partial charge in [0.15, 0.2) is 6.61 Å². The van der Waals surface area contributed by atoms with Crippen LogP contribution in [-0.2, 0) is 14.8 Å². The van der Waals surface area contributed by atoms with Gasteiger partial charge in [-0.3, -0.25) is 0 Å². The first kappa shape index (κ1) is 17.0. The van der Waals surface area contributed by atoms with Crippen LogP contribution in [0.1, 0.15) is 6.92 Å². The average molecular weight is 325 g/mol. The van der Waals surface area contributed by atoms with Gasteiger partial charge in [0.25, 0.3) is 16.4 Å². The van der Waals surface area contributed by atoms with Crippen LogP contribution in [0.2, 0.25) is 0 Å². The fraction of sp³-hybridized carbons (Fsp3) is 0.400. The van der Waals surface area contributed by atoms with Gasteiger partial charge in [-0.2, -0.15) is 0 Å². The summed E-state index contributed by atoms with van der Waals surface area (Å²) in [5.41, 5.74) is 1.78. The smallest absolute Gasteiger partial charge is 0.422 e. The largest absolute Gasteiger partial charge is 0.471 e. The van der Waals surface area contributed by atoms with Crippen molar-refractivity contribution in [1.29, 1.82) is 0 Å². The van der Waals surface area contributed by atoms with Crippen molar-refractivity contribution in [1.82, 2.24) is 15.2 Å². The molecule has 0 aliphatic heterocycles. The van der Waals surface area contributed by atoms with Crippen LogP contribution in [0.15, 0.2) is 23.2 Å². The van der Waals surface area contributed by atoms with E-state index in [-0.39, 0.29) is 6.61 Å². The molecule has 1 heterocycles. The van der Waals surface area contributed by atoms with E-state index >= 15 is 0 Å². The summed E-state index contributed by atoms with van der Waals surface area (Å²) in [7, 11) is -4.25. The zero-order chi connectivity index (χ0) is 15.9. The lowest BCUT2D eigenvalue weighted by Crippen LogP contribution is -2.42. The van der Waals surface area contributed by atoms with Crippen molar-refractivity contribution in [3.05, 3.63) is 18.3 Å². The molecule has 1 aromatic rings. The Morgan fingerprint density at radius 1 is 1.48 bits per heavy atom. The van der Waals surface area contributed by atoms with Gasteiger partial charge >= 0.3 is 6.09 Å². The molecule has 0 atom stereocenters. The second kappa shape index (κ2) is 7.69. The van der Waals surface area contributed by atoms with E-state index < -0.39 is 39.9 Å². The number of alkyl halides is 2. The van der Waals surface area contributed by atoms with E-state index in [9.17, 15) is 22.0 Å². The fourth-order valence-corrected chi connectivity index (χ4v) is 2.09. The monoisotopic (exact) mass is 325 g/mol. The van der Waals surface area contributed by atoms with Crippen molar-refractivity contribution < 1.29 is 31.5 Å². The summed E-state index contributed by atoms with van der Waals surface area (Å²) in [6.07, 6.45) is -2.62. The number of carbonyl (C=O) groups is 1. The van der Waals surface area contributed by atoms with E-state index in [2.05, 4.69) is 14.5 Å². The molecular formula is C10H13F2N3O5S. The number of ether oxygens (including phenoxy) is 2. The Bertz CT molecular complexity index is 582. The molecule has 1 amide bonds. The second-order valence-electron chi connectivity index (χ2n) is 3.46. The summed E-state index contributed by atoms with van der Waals surface area (Å²) in [6.45, 7) is 0.569. The summed E-state index contributed by atoms with van der Waals surface area (Å²) in [4.78, 5) is 15.8. The van der Waals surface area contributed by atoms with Gasteiger partial charge < -0.3 is 9.47 Å². The fourth-order valence-electron chi connectivity index (χ4n) is 1.16. The topological polar surface area (TPSA) is 107 Å². The molecule has 21 heavy (non-hydrogen) atoms. The Labute approximate surface area is 119 Å². The van der Waals surface area contributed by atoms with Crippen LogP contribution in [0.4, 0.5) is 13.6 Å². The second-order valence-corrected chi connectivity index (χ2v) is 5.11. The predicted molar refractivity (Wildman–Crippen MR) is 66.2 cm³/mol. The molecule has 0 aliphatic carbocycles. The number of carbonyl (C=O) groups excluding carboxylic acids is 1. The van der Waals surface area contributed by atoms with Crippen molar-refractivity contribution >= 4 is 16.1 Å². The number of sulfonamides is 1. The van der Waals surface area contributed by atoms with Crippen LogP contribution in [0.25, 0.3) is 0 Å². The molecular weight excluding hydrogens is 312 g/mol. The Balaban J connectivity index is 2.85. The summed E-state index contributed by atoms with van der Waals surface area (Å²) in [5.74, 6) is -0.504. The summed E-state index contributed by atoms with van der Waals surface area (Å²) in [5, 5.41) is 0. The molecule has 0 unspecified atom stereocenters. The van der Waals surface area contributed by atoms with Crippen LogP contribution in [0, 0.1) is 0 Å². The van der Waals surface area contributed by atoms with E-state index in [0.29, 0.717) is 0 Å². The Hall–Kier alpha value is -2.01. The molecule has 0 aliphatic rings. The standard InChI is InChI=1S/C10H13F2N3O5S/c1-2-19-10(16)14-15-21(17,18)7-4-3-5-13-9(7)20-6-8(11)12/h3-5,8,15H,2,6H2,1H3,(H,14,16). The minimum atomic E-state index is -4.25. The first-order valence-electron chi connectivity index (χ1n) is 5.67. The van der Waals surface area contributed by atoms with Gasteiger partial charge in [-0.1, -0.05) is 0 Å². The lowest BCUT2D eigenvalue weighted by atomic mass is 10.5. The highest BCUT2D eigenvalue weighted by molar-refractivity contribution is 7.89. The number of nitrogens with zero attached hydrogens (tertiary/aromatic N) is 1. The Morgan fingerprint density at radius 2 is 2.19 bits per heavy atom. The van der Waals surface area contributed by atoms with Crippen LogP contribution in [0.5, 0.6) is 5.88 Å². The quantitative estimate of drug-likeness (QED) is 0.714. The molecule has 118 valence electrons. The van der Waals surface area contributed by atoms with Crippen molar-refractivity contribution in [2.24, 2.45) is 0 Å². The highest BCUT2D eigenvalue weighted by atomic mass is 32.2. The number of halogens is 2. The molecule has 11 heteroatoms. The highest BCUT2D eigenvalue weighted by Gasteiger charge is 2.22. The van der Waals surface area contributed by atoms with Gasteiger partial charge in [0.2, 0.25) is 5.88 Å². The van der Waals surface area contributed by atoms with Gasteiger partial charge in [-0.15, -0.1) is 4.83 Å². The van der Waals surface area contributed by atoms with Crippen molar-refractivity contribution in [2.45, 2.75) is 18.2 Å². The molecule has 0 radical (unpaired) electrons. The van der Waals surface area contributed by atoms with Crippen LogP contribution >= 0.6 is 0 Å². The highest BCUT2D eigenvalue weighted by Crippen LogP contribution is 2.20. The molecule has 0 saturated carbocycles. The van der Waals surface area contributed by atoms with Gasteiger partial charge in [0, 0.05) is 6.20 Å². The predicted octanol–water partition coefficient (Wildman–Crippen LogP) is 0.665. The minimum Gasteiger partial charge on any atom is -0.471 e. The molecule has 1 aromatic heterocycles. The van der Waals surface area contributed by atoms with E-state index in [1.165, 1.54) is 19.2 Å². The molecule has 0 spiro atoms. The number of rotatable bonds is 7. The van der Waals surface area contributed by atoms with E-state index in [1.807, 2.05) is 0 Å². The minimum absolute atomic E-state index is 0.0448. The number of aromatic nitrogens is 1. The molecule has 8 nitrogen and oxygen atoms in total. The number of pyridine rings is 1. The third kappa shape index (κ3) is 5.47. The average Bonchev–Trinajstić information content (AvgIpc) is 2.44. The van der Waals surface area contributed by atoms with Gasteiger partial charge in [-0.05, 0) is 19.1 Å². The molecule has 1 rings (SSSR count). The number of nitrogens with one attached hydrogen (secondary N) is 2. The number of hydrogen-bond donors (Lipinski definition) is 2. The maximum atomic E-state index is 12.1. The summed E-state index contributed by atoms with van der Waals surface area (Å²) >= 11 is 0. The van der Waals surface area contributed by atoms with Crippen LogP contribution in [-0.4, -0.2) is 39.1 Å². The number of amides is 1. The zero-order valence-corrected chi connectivity index (χ0v) is 11.7. The normalized spacial score (nSPS) is 11.2. The van der Waals surface area contributed by atoms with E-state index in [4.69, 9.17) is 0 Å². The first-order valence-corrected chi connectivity index (χ1v) is 7.15. The van der Waals surface area contributed by atoms with Crippen molar-refractivity contribution in [3.8, 4) is 5.88 Å². The molecule has 0 saturated heterocycles. The Morgan fingerprint density at radius 3 is 2.81 bits per heavy atom. The lowest BCUT2D eigenvalue weighted by Gasteiger charge is -2.11. The zero-order valence-electron chi connectivity index (χ0n) is 10.9. The number of hydrogen-bond acceptors (Lipinski definition) is 6. The summed E-state index contributed by atoms with van der Waals surface area (Å²) in [6, 6.07) is 2.36. The molecule has 0 fully saturated rings. The van der Waals surface area contributed by atoms with Gasteiger partial charge in [0.1, 0.15) is 4.90 Å². The molecule has 0 aromatic carbocycles. The van der Waals surface area contributed by atoms with E-state index in [0.717, 1.165) is 6.07 Å². The SMILES string of the molecule is CCOC(=O)NNS(=O)(=O)c1cccnc1OCC(F)F.